The molecule has 1 aliphatic carbocycles. The maximum absolute atomic E-state index is 5.51. The van der Waals surface area contributed by atoms with Crippen LogP contribution in [0.3, 0.4) is 0 Å². The molecular formula is C27H31N7O. The summed E-state index contributed by atoms with van der Waals surface area (Å²) in [6.07, 6.45) is 9.50. The van der Waals surface area contributed by atoms with Crippen molar-refractivity contribution in [2.24, 2.45) is 0 Å². The lowest BCUT2D eigenvalue weighted by Crippen LogP contribution is -2.36. The molecule has 5 heterocycles. The molecule has 8 heteroatoms. The number of rotatable bonds is 5. The van der Waals surface area contributed by atoms with E-state index in [4.69, 9.17) is 9.72 Å². The third kappa shape index (κ3) is 4.18. The van der Waals surface area contributed by atoms with Gasteiger partial charge in [-0.3, -0.25) is 5.10 Å². The van der Waals surface area contributed by atoms with Crippen LogP contribution in [0.2, 0.25) is 0 Å². The summed E-state index contributed by atoms with van der Waals surface area (Å²) in [6, 6.07) is 6.47. The molecule has 35 heavy (non-hydrogen) atoms. The van der Waals surface area contributed by atoms with Gasteiger partial charge in [0.15, 0.2) is 0 Å². The van der Waals surface area contributed by atoms with Crippen LogP contribution in [0.1, 0.15) is 47.3 Å². The molecule has 8 nitrogen and oxygen atoms in total. The molecule has 0 unspecified atom stereocenters. The van der Waals surface area contributed by atoms with Crippen molar-refractivity contribution in [2.75, 3.05) is 48.4 Å². The highest BCUT2D eigenvalue weighted by molar-refractivity contribution is 5.90. The number of hydrogen-bond acceptors (Lipinski definition) is 7. The van der Waals surface area contributed by atoms with Gasteiger partial charge in [-0.1, -0.05) is 6.08 Å². The predicted molar refractivity (Wildman–Crippen MR) is 140 cm³/mol. The van der Waals surface area contributed by atoms with Crippen LogP contribution in [0, 0.1) is 13.8 Å². The van der Waals surface area contributed by atoms with E-state index >= 15 is 0 Å². The highest BCUT2D eigenvalue weighted by Gasteiger charge is 2.22. The summed E-state index contributed by atoms with van der Waals surface area (Å²) in [5.41, 5.74) is 10.2. The number of pyridine rings is 2. The molecule has 0 spiro atoms. The Labute approximate surface area is 205 Å². The summed E-state index contributed by atoms with van der Waals surface area (Å²) in [6.45, 7) is 8.16. The second kappa shape index (κ2) is 9.19. The molecule has 1 saturated carbocycles. The molecule has 180 valence electrons. The molecule has 3 N–H and O–H groups in total. The SMILES string of the molecule is Cc1[nH]nc(C(Nc2cnc3c(c2)C(c2ccnc(N4CCOCC4)c2)=CCN3)=C2CCC2)c1C. The first kappa shape index (κ1) is 21.9. The number of H-pyrrole nitrogens is 1. The Hall–Kier alpha value is -3.65. The maximum Gasteiger partial charge on any atom is 0.134 e. The van der Waals surface area contributed by atoms with E-state index < -0.39 is 0 Å². The average Bonchev–Trinajstić information content (AvgIpc) is 3.20. The van der Waals surface area contributed by atoms with Crippen LogP contribution >= 0.6 is 0 Å². The molecule has 0 aromatic carbocycles. The zero-order valence-electron chi connectivity index (χ0n) is 20.3. The molecule has 0 radical (unpaired) electrons. The van der Waals surface area contributed by atoms with E-state index in [1.807, 2.05) is 12.4 Å². The molecule has 6 rings (SSSR count). The Kier molecular flexibility index (Phi) is 5.74. The Morgan fingerprint density at radius 2 is 1.97 bits per heavy atom. The van der Waals surface area contributed by atoms with E-state index in [0.717, 1.165) is 91.2 Å². The van der Waals surface area contributed by atoms with E-state index in [0.29, 0.717) is 0 Å². The van der Waals surface area contributed by atoms with Crippen molar-refractivity contribution in [2.45, 2.75) is 33.1 Å². The summed E-state index contributed by atoms with van der Waals surface area (Å²) < 4.78 is 5.51. The van der Waals surface area contributed by atoms with E-state index in [1.54, 1.807) is 0 Å². The van der Waals surface area contributed by atoms with Crippen LogP contribution < -0.4 is 15.5 Å². The molecule has 0 amide bonds. The van der Waals surface area contributed by atoms with E-state index in [-0.39, 0.29) is 0 Å². The lowest BCUT2D eigenvalue weighted by Gasteiger charge is -2.28. The molecule has 3 aromatic rings. The fraction of sp³-hybridized carbons (Fsp3) is 0.370. The van der Waals surface area contributed by atoms with Crippen LogP contribution in [-0.4, -0.2) is 53.0 Å². The number of aryl methyl sites for hydroxylation is 1. The third-order valence-electron chi connectivity index (χ3n) is 7.22. The molecule has 3 aromatic heterocycles. The fourth-order valence-electron chi connectivity index (χ4n) is 4.86. The van der Waals surface area contributed by atoms with Gasteiger partial charge in [0.05, 0.1) is 30.8 Å². The zero-order chi connectivity index (χ0) is 23.8. The number of nitrogens with one attached hydrogen (secondary N) is 3. The monoisotopic (exact) mass is 469 g/mol. The van der Waals surface area contributed by atoms with Crippen molar-refractivity contribution < 1.29 is 4.74 Å². The van der Waals surface area contributed by atoms with E-state index in [1.165, 1.54) is 23.1 Å². The van der Waals surface area contributed by atoms with Gasteiger partial charge in [0.25, 0.3) is 0 Å². The standard InChI is InChI=1S/C27H31N7O/c1-17-18(2)32-33-25(17)26(19-4-3-5-19)31-21-15-23-22(7-9-29-27(23)30-16-21)20-6-8-28-24(14-20)34-10-12-35-13-11-34/h6-8,14-16,31H,3-5,9-13H2,1-2H3,(H,29,30)(H,32,33). The first-order valence-corrected chi connectivity index (χ1v) is 12.4. The molecule has 0 atom stereocenters. The van der Waals surface area contributed by atoms with Crippen molar-refractivity contribution in [1.82, 2.24) is 20.2 Å². The number of aromatic amines is 1. The van der Waals surface area contributed by atoms with Gasteiger partial charge in [-0.2, -0.15) is 5.10 Å². The van der Waals surface area contributed by atoms with Gasteiger partial charge in [0.2, 0.25) is 0 Å². The van der Waals surface area contributed by atoms with Gasteiger partial charge >= 0.3 is 0 Å². The third-order valence-corrected chi connectivity index (χ3v) is 7.22. The number of aromatic nitrogens is 4. The minimum Gasteiger partial charge on any atom is -0.378 e. The van der Waals surface area contributed by atoms with Crippen LogP contribution in [0.25, 0.3) is 11.3 Å². The van der Waals surface area contributed by atoms with Crippen LogP contribution in [0.4, 0.5) is 17.3 Å². The number of morpholine rings is 1. The molecule has 0 bridgehead atoms. The molecule has 2 fully saturated rings. The number of nitrogens with zero attached hydrogens (tertiary/aromatic N) is 4. The van der Waals surface area contributed by atoms with Crippen molar-refractivity contribution in [3.63, 3.8) is 0 Å². The predicted octanol–water partition coefficient (Wildman–Crippen LogP) is 4.52. The first-order valence-electron chi connectivity index (χ1n) is 12.4. The quantitative estimate of drug-likeness (QED) is 0.506. The number of anilines is 3. The molecular weight excluding hydrogens is 438 g/mol. The van der Waals surface area contributed by atoms with Crippen LogP contribution in [-0.2, 0) is 4.74 Å². The summed E-state index contributed by atoms with van der Waals surface area (Å²) >= 11 is 0. The smallest absolute Gasteiger partial charge is 0.134 e. The Morgan fingerprint density at radius 1 is 1.11 bits per heavy atom. The largest absolute Gasteiger partial charge is 0.378 e. The fourth-order valence-corrected chi connectivity index (χ4v) is 4.86. The van der Waals surface area contributed by atoms with Crippen molar-refractivity contribution >= 4 is 28.6 Å². The first-order chi connectivity index (χ1) is 17.2. The molecule has 1 saturated heterocycles. The van der Waals surface area contributed by atoms with Gasteiger partial charge in [0.1, 0.15) is 17.3 Å². The zero-order valence-corrected chi connectivity index (χ0v) is 20.3. The lowest BCUT2D eigenvalue weighted by atomic mass is 9.88. The Balaban J connectivity index is 1.33. The van der Waals surface area contributed by atoms with Crippen molar-refractivity contribution in [3.05, 3.63) is 70.3 Å². The summed E-state index contributed by atoms with van der Waals surface area (Å²) in [5, 5.41) is 14.9. The van der Waals surface area contributed by atoms with E-state index in [9.17, 15) is 0 Å². The molecule has 2 aliphatic heterocycles. The van der Waals surface area contributed by atoms with Crippen molar-refractivity contribution in [1.29, 1.82) is 0 Å². The summed E-state index contributed by atoms with van der Waals surface area (Å²) in [7, 11) is 0. The second-order valence-corrected chi connectivity index (χ2v) is 9.40. The Morgan fingerprint density at radius 3 is 2.71 bits per heavy atom. The van der Waals surface area contributed by atoms with Crippen molar-refractivity contribution in [3.8, 4) is 0 Å². The number of hydrogen-bond donors (Lipinski definition) is 3. The topological polar surface area (TPSA) is 91.0 Å². The van der Waals surface area contributed by atoms with Crippen LogP contribution in [0.5, 0.6) is 0 Å². The number of fused-ring (bicyclic) bond motifs is 1. The summed E-state index contributed by atoms with van der Waals surface area (Å²) in [5.74, 6) is 1.90. The number of allylic oxidation sites excluding steroid dienone is 1. The minimum absolute atomic E-state index is 0.743. The number of ether oxygens (including phenoxy) is 1. The lowest BCUT2D eigenvalue weighted by molar-refractivity contribution is 0.122. The average molecular weight is 470 g/mol. The highest BCUT2D eigenvalue weighted by atomic mass is 16.5. The maximum atomic E-state index is 5.51. The van der Waals surface area contributed by atoms with Gasteiger partial charge in [-0.25, -0.2) is 9.97 Å². The van der Waals surface area contributed by atoms with E-state index in [2.05, 4.69) is 68.8 Å². The normalized spacial score (nSPS) is 17.3. The molecule has 3 aliphatic rings. The van der Waals surface area contributed by atoms with Gasteiger partial charge in [-0.05, 0) is 73.6 Å². The minimum atomic E-state index is 0.743. The van der Waals surface area contributed by atoms with Gasteiger partial charge in [0, 0.05) is 37.1 Å². The van der Waals surface area contributed by atoms with Crippen LogP contribution in [0.15, 0.2) is 42.2 Å². The van der Waals surface area contributed by atoms with Gasteiger partial charge < -0.3 is 20.3 Å². The Bertz CT molecular complexity index is 1310. The summed E-state index contributed by atoms with van der Waals surface area (Å²) in [4.78, 5) is 11.7. The highest BCUT2D eigenvalue weighted by Crippen LogP contribution is 2.37. The van der Waals surface area contributed by atoms with Gasteiger partial charge in [-0.15, -0.1) is 0 Å². The second-order valence-electron chi connectivity index (χ2n) is 9.40.